The third-order valence-electron chi connectivity index (χ3n) is 5.04. The van der Waals surface area contributed by atoms with Crippen LogP contribution in [0.15, 0.2) is 64.7 Å². The van der Waals surface area contributed by atoms with Crippen LogP contribution in [-0.2, 0) is 4.79 Å². The fourth-order valence-corrected chi connectivity index (χ4v) is 3.88. The lowest BCUT2D eigenvalue weighted by Crippen LogP contribution is -2.33. The monoisotopic (exact) mass is 348 g/mol. The van der Waals surface area contributed by atoms with Crippen molar-refractivity contribution in [3.8, 4) is 5.75 Å². The zero-order valence-corrected chi connectivity index (χ0v) is 13.8. The van der Waals surface area contributed by atoms with Gasteiger partial charge in [-0.3, -0.25) is 4.79 Å². The number of anilines is 1. The first-order valence-electron chi connectivity index (χ1n) is 8.46. The van der Waals surface area contributed by atoms with Gasteiger partial charge in [0.15, 0.2) is 5.78 Å². The van der Waals surface area contributed by atoms with Gasteiger partial charge in [-0.25, -0.2) is 4.68 Å². The first-order chi connectivity index (χ1) is 12.7. The van der Waals surface area contributed by atoms with Gasteiger partial charge in [-0.05, 0) is 24.6 Å². The number of phenolic OH excluding ortho intramolecular Hbond substituents is 1. The second-order valence-corrected chi connectivity index (χ2v) is 6.55. The van der Waals surface area contributed by atoms with Gasteiger partial charge >= 0.3 is 0 Å². The Bertz CT molecular complexity index is 1020. The van der Waals surface area contributed by atoms with E-state index in [0.717, 1.165) is 11.5 Å². The van der Waals surface area contributed by atoms with Crippen molar-refractivity contribution >= 4 is 11.7 Å². The summed E-state index contributed by atoms with van der Waals surface area (Å²) in [6.07, 6.45) is 4.08. The number of rotatable bonds is 2. The highest BCUT2D eigenvalue weighted by molar-refractivity contribution is 6.00. The molecule has 2 unspecified atom stereocenters. The molecule has 7 heteroatoms. The normalized spacial score (nSPS) is 21.9. The fourth-order valence-electron chi connectivity index (χ4n) is 3.88. The summed E-state index contributed by atoms with van der Waals surface area (Å²) >= 11 is 0. The van der Waals surface area contributed by atoms with Crippen LogP contribution >= 0.6 is 0 Å². The van der Waals surface area contributed by atoms with E-state index in [0.29, 0.717) is 29.9 Å². The number of allylic oxidation sites excluding steroid dienone is 2. The highest BCUT2D eigenvalue weighted by Gasteiger charge is 2.40. The van der Waals surface area contributed by atoms with Gasteiger partial charge in [0.25, 0.3) is 0 Å². The van der Waals surface area contributed by atoms with Crippen molar-refractivity contribution < 1.29 is 14.3 Å². The van der Waals surface area contributed by atoms with Crippen LogP contribution in [-0.4, -0.2) is 25.7 Å². The molecule has 2 aromatic heterocycles. The van der Waals surface area contributed by atoms with E-state index in [1.165, 1.54) is 6.33 Å². The molecule has 1 aromatic carbocycles. The average molecular weight is 348 g/mol. The number of ketones is 1. The van der Waals surface area contributed by atoms with Crippen LogP contribution in [0.5, 0.6) is 5.75 Å². The Kier molecular flexibility index (Phi) is 3.21. The average Bonchev–Trinajstić information content (AvgIpc) is 3.32. The minimum Gasteiger partial charge on any atom is -0.508 e. The molecule has 2 aliphatic rings. The number of benzene rings is 1. The minimum atomic E-state index is -0.491. The molecule has 2 N–H and O–H groups in total. The van der Waals surface area contributed by atoms with Crippen molar-refractivity contribution in [1.29, 1.82) is 0 Å². The third kappa shape index (κ3) is 2.17. The maximum Gasteiger partial charge on any atom is 0.226 e. The van der Waals surface area contributed by atoms with Gasteiger partial charge in [-0.1, -0.05) is 18.2 Å². The number of furan rings is 1. The number of carbonyl (C=O) groups is 1. The summed E-state index contributed by atoms with van der Waals surface area (Å²) < 4.78 is 7.16. The number of nitrogens with zero attached hydrogens (tertiary/aromatic N) is 3. The van der Waals surface area contributed by atoms with Crippen molar-refractivity contribution in [3.05, 3.63) is 71.6 Å². The molecule has 0 amide bonds. The summed E-state index contributed by atoms with van der Waals surface area (Å²) in [5, 5.41) is 17.9. The molecule has 2 atom stereocenters. The molecular formula is C19H16N4O3. The topological polar surface area (TPSA) is 93.2 Å². The molecule has 130 valence electrons. The number of para-hydroxylation sites is 1. The highest BCUT2D eigenvalue weighted by atomic mass is 16.3. The Morgan fingerprint density at radius 1 is 1.19 bits per heavy atom. The summed E-state index contributed by atoms with van der Waals surface area (Å²) in [6, 6.07) is 10.3. The Morgan fingerprint density at radius 3 is 2.88 bits per heavy atom. The number of hydrogen-bond donors (Lipinski definition) is 2. The Balaban J connectivity index is 1.65. The van der Waals surface area contributed by atoms with E-state index in [-0.39, 0.29) is 17.5 Å². The van der Waals surface area contributed by atoms with Crippen LogP contribution in [0.4, 0.5) is 5.95 Å². The van der Waals surface area contributed by atoms with E-state index in [9.17, 15) is 9.90 Å². The molecule has 0 saturated carbocycles. The van der Waals surface area contributed by atoms with Gasteiger partial charge in [0.05, 0.1) is 6.26 Å². The number of Topliss-reactive ketones (excluding diaryl/α,β-unsaturated/α-hetero) is 1. The summed E-state index contributed by atoms with van der Waals surface area (Å²) in [5.74, 6) is 1.51. The number of nitrogens with one attached hydrogen (secondary N) is 1. The maximum atomic E-state index is 13.1. The molecular weight excluding hydrogens is 332 g/mol. The molecule has 3 heterocycles. The lowest BCUT2D eigenvalue weighted by atomic mass is 9.79. The van der Waals surface area contributed by atoms with Crippen molar-refractivity contribution in [2.45, 2.75) is 24.8 Å². The summed E-state index contributed by atoms with van der Waals surface area (Å²) in [7, 11) is 0. The van der Waals surface area contributed by atoms with Gasteiger partial charge in [-0.2, -0.15) is 10.1 Å². The third-order valence-corrected chi connectivity index (χ3v) is 5.04. The van der Waals surface area contributed by atoms with E-state index in [4.69, 9.17) is 4.42 Å². The zero-order valence-electron chi connectivity index (χ0n) is 13.8. The number of aromatic nitrogens is 3. The standard InChI is InChI=1S/C19H16N4O3/c24-14-5-2-1-4-12(14)18-17-13(22-19-20-10-21-23(18)19)8-11(9-15(17)25)16-6-3-7-26-16/h1-7,10-11,18,24H,8-9H2,(H,20,21,22). The first kappa shape index (κ1) is 14.9. The van der Waals surface area contributed by atoms with Crippen LogP contribution in [0.1, 0.15) is 36.1 Å². The Hall–Kier alpha value is -3.35. The molecule has 0 bridgehead atoms. The van der Waals surface area contributed by atoms with Gasteiger partial charge in [0.2, 0.25) is 5.95 Å². The first-order valence-corrected chi connectivity index (χ1v) is 8.46. The summed E-state index contributed by atoms with van der Waals surface area (Å²) in [5.41, 5.74) is 2.08. The number of phenols is 1. The second-order valence-electron chi connectivity index (χ2n) is 6.55. The lowest BCUT2D eigenvalue weighted by molar-refractivity contribution is -0.117. The fraction of sp³-hybridized carbons (Fsp3) is 0.211. The largest absolute Gasteiger partial charge is 0.508 e. The number of fused-ring (bicyclic) bond motifs is 1. The quantitative estimate of drug-likeness (QED) is 0.739. The van der Waals surface area contributed by atoms with Crippen LogP contribution in [0.3, 0.4) is 0 Å². The molecule has 0 spiro atoms. The molecule has 1 aliphatic heterocycles. The molecule has 1 aliphatic carbocycles. The maximum absolute atomic E-state index is 13.1. The van der Waals surface area contributed by atoms with Crippen molar-refractivity contribution in [3.63, 3.8) is 0 Å². The Labute approximate surface area is 149 Å². The number of aromatic hydroxyl groups is 1. The van der Waals surface area contributed by atoms with E-state index in [1.54, 1.807) is 23.1 Å². The lowest BCUT2D eigenvalue weighted by Gasteiger charge is -2.34. The zero-order chi connectivity index (χ0) is 17.7. The van der Waals surface area contributed by atoms with E-state index in [2.05, 4.69) is 15.4 Å². The summed E-state index contributed by atoms with van der Waals surface area (Å²) in [6.45, 7) is 0. The van der Waals surface area contributed by atoms with Crippen molar-refractivity contribution in [2.24, 2.45) is 0 Å². The molecule has 0 saturated heterocycles. The van der Waals surface area contributed by atoms with Crippen molar-refractivity contribution in [2.75, 3.05) is 5.32 Å². The molecule has 0 fully saturated rings. The molecule has 26 heavy (non-hydrogen) atoms. The van der Waals surface area contributed by atoms with E-state index < -0.39 is 6.04 Å². The van der Waals surface area contributed by atoms with Gasteiger partial charge in [0.1, 0.15) is 23.9 Å². The predicted octanol–water partition coefficient (Wildman–Crippen LogP) is 2.99. The molecule has 7 nitrogen and oxygen atoms in total. The smallest absolute Gasteiger partial charge is 0.226 e. The van der Waals surface area contributed by atoms with E-state index in [1.807, 2.05) is 24.3 Å². The number of carbonyl (C=O) groups excluding carboxylic acids is 1. The van der Waals surface area contributed by atoms with Gasteiger partial charge < -0.3 is 14.8 Å². The van der Waals surface area contributed by atoms with Crippen LogP contribution in [0, 0.1) is 0 Å². The van der Waals surface area contributed by atoms with E-state index >= 15 is 0 Å². The second kappa shape index (κ2) is 5.59. The van der Waals surface area contributed by atoms with Crippen LogP contribution < -0.4 is 5.32 Å². The summed E-state index contributed by atoms with van der Waals surface area (Å²) in [4.78, 5) is 17.3. The van der Waals surface area contributed by atoms with Gasteiger partial charge in [-0.15, -0.1) is 0 Å². The predicted molar refractivity (Wildman–Crippen MR) is 92.6 cm³/mol. The van der Waals surface area contributed by atoms with Crippen LogP contribution in [0.2, 0.25) is 0 Å². The Morgan fingerprint density at radius 2 is 2.08 bits per heavy atom. The van der Waals surface area contributed by atoms with Gasteiger partial charge in [0, 0.05) is 29.2 Å². The molecule has 3 aromatic rings. The van der Waals surface area contributed by atoms with Crippen molar-refractivity contribution in [1.82, 2.24) is 14.8 Å². The number of hydrogen-bond acceptors (Lipinski definition) is 6. The molecule has 0 radical (unpaired) electrons. The van der Waals surface area contributed by atoms with Crippen LogP contribution in [0.25, 0.3) is 0 Å². The SMILES string of the molecule is O=C1CC(c2ccco2)CC2=C1C(c1ccccc1O)n1ncnc1N2. The highest BCUT2D eigenvalue weighted by Crippen LogP contribution is 2.45. The molecule has 5 rings (SSSR count). The minimum absolute atomic E-state index is 0.0109.